The summed E-state index contributed by atoms with van der Waals surface area (Å²) in [5.41, 5.74) is 6.28. The summed E-state index contributed by atoms with van der Waals surface area (Å²) in [4.78, 5) is 23.8. The van der Waals surface area contributed by atoms with Gasteiger partial charge in [0.1, 0.15) is 17.4 Å². The van der Waals surface area contributed by atoms with Crippen LogP contribution in [0, 0.1) is 23.2 Å². The van der Waals surface area contributed by atoms with Crippen molar-refractivity contribution in [1.82, 2.24) is 14.9 Å². The van der Waals surface area contributed by atoms with E-state index in [1.165, 1.54) is 25.9 Å². The number of amides is 1. The predicted molar refractivity (Wildman–Crippen MR) is 143 cm³/mol. The largest absolute Gasteiger partial charge is 0.492 e. The summed E-state index contributed by atoms with van der Waals surface area (Å²) in [7, 11) is 0. The van der Waals surface area contributed by atoms with Crippen LogP contribution in [-0.2, 0) is 4.79 Å². The summed E-state index contributed by atoms with van der Waals surface area (Å²) in [6.45, 7) is 10.6. The highest BCUT2D eigenvalue weighted by Crippen LogP contribution is 2.65. The molecule has 4 atom stereocenters. The maximum atomic E-state index is 12.4. The van der Waals surface area contributed by atoms with Crippen LogP contribution in [0.25, 0.3) is 0 Å². The molecule has 2 aromatic rings. The summed E-state index contributed by atoms with van der Waals surface area (Å²) in [5.74, 6) is 2.01. The normalized spacial score (nSPS) is 28.8. The van der Waals surface area contributed by atoms with Gasteiger partial charge in [0.25, 0.3) is 0 Å². The smallest absolute Gasteiger partial charge is 0.229 e. The van der Waals surface area contributed by atoms with Gasteiger partial charge < -0.3 is 21.1 Å². The molecule has 1 amide bonds. The van der Waals surface area contributed by atoms with E-state index in [9.17, 15) is 4.79 Å². The van der Waals surface area contributed by atoms with Crippen LogP contribution in [0.3, 0.4) is 0 Å². The van der Waals surface area contributed by atoms with Crippen molar-refractivity contribution >= 4 is 35.0 Å². The quantitative estimate of drug-likeness (QED) is 0.447. The predicted octanol–water partition coefficient (Wildman–Crippen LogP) is 4.69. The highest BCUT2D eigenvalue weighted by atomic mass is 35.5. The number of rotatable bonds is 9. The Morgan fingerprint density at radius 1 is 1.19 bits per heavy atom. The van der Waals surface area contributed by atoms with Gasteiger partial charge in [0.15, 0.2) is 5.82 Å². The van der Waals surface area contributed by atoms with Gasteiger partial charge >= 0.3 is 0 Å². The van der Waals surface area contributed by atoms with E-state index in [4.69, 9.17) is 22.1 Å². The van der Waals surface area contributed by atoms with Gasteiger partial charge in [-0.15, -0.1) is 0 Å². The van der Waals surface area contributed by atoms with Crippen LogP contribution in [0.15, 0.2) is 30.5 Å². The summed E-state index contributed by atoms with van der Waals surface area (Å²) in [6, 6.07) is 7.77. The summed E-state index contributed by atoms with van der Waals surface area (Å²) >= 11 is 6.50. The van der Waals surface area contributed by atoms with Crippen LogP contribution >= 0.6 is 11.6 Å². The highest BCUT2D eigenvalue weighted by Gasteiger charge is 2.64. The number of likely N-dealkylation sites (tertiary alicyclic amines) is 1. The molecule has 3 saturated carbocycles. The van der Waals surface area contributed by atoms with Crippen molar-refractivity contribution in [2.24, 2.45) is 28.9 Å². The Morgan fingerprint density at radius 3 is 2.58 bits per heavy atom. The third-order valence-corrected chi connectivity index (χ3v) is 9.18. The molecule has 6 rings (SSSR count). The number of carbonyl (C=O) groups is 1. The standard InChI is InChI=1S/C27H37ClN6O2/c1-26(2)17-14-20(23(29)35)27(3,22(26)15-17)33-24-21(28)16-30-25(32-24)31-18-6-8-19(9-7-18)36-13-12-34-10-4-5-11-34/h6-9,16-17,20,22H,4-5,10-15H2,1-3H3,(H2,29,35)(H2,30,31,32,33)/t17-,20+,22+,27-/m0/s1. The van der Waals surface area contributed by atoms with Gasteiger partial charge in [-0.05, 0) is 87.2 Å². The second kappa shape index (κ2) is 9.71. The molecular weight excluding hydrogens is 476 g/mol. The van der Waals surface area contributed by atoms with Crippen LogP contribution in [0.4, 0.5) is 17.5 Å². The Kier molecular flexibility index (Phi) is 6.76. The fourth-order valence-electron chi connectivity index (χ4n) is 6.62. The van der Waals surface area contributed by atoms with Crippen molar-refractivity contribution < 1.29 is 9.53 Å². The van der Waals surface area contributed by atoms with Gasteiger partial charge in [-0.2, -0.15) is 4.98 Å². The second-order valence-electron chi connectivity index (χ2n) is 11.3. The van der Waals surface area contributed by atoms with Gasteiger partial charge in [0.2, 0.25) is 11.9 Å². The van der Waals surface area contributed by atoms with E-state index in [0.29, 0.717) is 35.2 Å². The first-order valence-corrected chi connectivity index (χ1v) is 13.4. The first kappa shape index (κ1) is 25.1. The van der Waals surface area contributed by atoms with E-state index in [-0.39, 0.29) is 17.2 Å². The van der Waals surface area contributed by atoms with E-state index in [1.807, 2.05) is 24.3 Å². The minimum atomic E-state index is -0.534. The van der Waals surface area contributed by atoms with Gasteiger partial charge in [0, 0.05) is 12.2 Å². The molecule has 4 aliphatic rings. The van der Waals surface area contributed by atoms with Crippen molar-refractivity contribution in [2.75, 3.05) is 36.9 Å². The molecule has 0 spiro atoms. The fourth-order valence-corrected chi connectivity index (χ4v) is 6.76. The molecule has 4 fully saturated rings. The van der Waals surface area contributed by atoms with E-state index >= 15 is 0 Å². The molecule has 36 heavy (non-hydrogen) atoms. The lowest BCUT2D eigenvalue weighted by Gasteiger charge is -2.66. The Morgan fingerprint density at radius 2 is 1.92 bits per heavy atom. The summed E-state index contributed by atoms with van der Waals surface area (Å²) in [5, 5.41) is 7.19. The number of nitrogens with one attached hydrogen (secondary N) is 2. The molecular formula is C27H37ClN6O2. The number of carbonyl (C=O) groups excluding carboxylic acids is 1. The first-order chi connectivity index (χ1) is 17.2. The maximum absolute atomic E-state index is 12.4. The van der Waals surface area contributed by atoms with Crippen LogP contribution in [0.2, 0.25) is 5.02 Å². The highest BCUT2D eigenvalue weighted by molar-refractivity contribution is 6.32. The molecule has 0 radical (unpaired) electrons. The Labute approximate surface area is 218 Å². The molecule has 9 heteroatoms. The number of primary amides is 1. The zero-order valence-electron chi connectivity index (χ0n) is 21.4. The summed E-state index contributed by atoms with van der Waals surface area (Å²) in [6.07, 6.45) is 6.00. The van der Waals surface area contributed by atoms with Crippen molar-refractivity contribution in [1.29, 1.82) is 0 Å². The number of benzene rings is 1. The van der Waals surface area contributed by atoms with Crippen LogP contribution in [-0.4, -0.2) is 52.6 Å². The SMILES string of the molecule is CC1(C)[C@H]2C[C@H](C(N)=O)[C@](C)(Nc3nc(Nc4ccc(OCCN5CCCC5)cc4)ncc3Cl)[C@@H]1C2. The van der Waals surface area contributed by atoms with Crippen LogP contribution in [0.1, 0.15) is 46.5 Å². The molecule has 1 saturated heterocycles. The Bertz CT molecular complexity index is 1100. The zero-order chi connectivity index (χ0) is 25.5. The number of nitrogens with zero attached hydrogens (tertiary/aromatic N) is 3. The lowest BCUT2D eigenvalue weighted by atomic mass is 9.40. The van der Waals surface area contributed by atoms with Crippen molar-refractivity contribution in [2.45, 2.75) is 52.0 Å². The lowest BCUT2D eigenvalue weighted by Crippen LogP contribution is -2.69. The topological polar surface area (TPSA) is 105 Å². The Balaban J connectivity index is 1.26. The number of hydrogen-bond acceptors (Lipinski definition) is 7. The summed E-state index contributed by atoms with van der Waals surface area (Å²) < 4.78 is 5.90. The monoisotopic (exact) mass is 512 g/mol. The van der Waals surface area contributed by atoms with Crippen molar-refractivity contribution in [3.63, 3.8) is 0 Å². The van der Waals surface area contributed by atoms with Gasteiger partial charge in [-0.1, -0.05) is 25.4 Å². The molecule has 1 aliphatic heterocycles. The molecule has 1 aromatic carbocycles. The second-order valence-corrected chi connectivity index (χ2v) is 11.7. The number of halogens is 1. The number of ether oxygens (including phenoxy) is 1. The molecule has 4 N–H and O–H groups in total. The van der Waals surface area contributed by atoms with Crippen LogP contribution < -0.4 is 21.1 Å². The molecule has 8 nitrogen and oxygen atoms in total. The number of nitrogens with two attached hydrogens (primary N) is 1. The van der Waals surface area contributed by atoms with E-state index in [0.717, 1.165) is 30.8 Å². The Hall–Kier alpha value is -2.58. The molecule has 3 aliphatic carbocycles. The number of fused-ring (bicyclic) bond motifs is 2. The van der Waals surface area contributed by atoms with Crippen LogP contribution in [0.5, 0.6) is 5.75 Å². The minimum Gasteiger partial charge on any atom is -0.492 e. The van der Waals surface area contributed by atoms with Gasteiger partial charge in [0.05, 0.1) is 17.7 Å². The molecule has 2 bridgehead atoms. The molecule has 0 unspecified atom stereocenters. The van der Waals surface area contributed by atoms with E-state index in [2.05, 4.69) is 46.3 Å². The van der Waals surface area contributed by atoms with Crippen molar-refractivity contribution in [3.8, 4) is 5.75 Å². The first-order valence-electron chi connectivity index (χ1n) is 13.0. The molecule has 2 heterocycles. The molecule has 194 valence electrons. The third-order valence-electron chi connectivity index (χ3n) is 8.90. The number of aromatic nitrogens is 2. The number of anilines is 3. The minimum absolute atomic E-state index is 0.132. The van der Waals surface area contributed by atoms with E-state index in [1.54, 1.807) is 6.20 Å². The third kappa shape index (κ3) is 4.73. The molecule has 1 aromatic heterocycles. The zero-order valence-corrected chi connectivity index (χ0v) is 22.1. The van der Waals surface area contributed by atoms with Gasteiger partial charge in [-0.25, -0.2) is 4.98 Å². The van der Waals surface area contributed by atoms with Gasteiger partial charge in [-0.3, -0.25) is 9.69 Å². The van der Waals surface area contributed by atoms with E-state index < -0.39 is 5.54 Å². The maximum Gasteiger partial charge on any atom is 0.229 e. The fraction of sp³-hybridized carbons (Fsp3) is 0.593. The average Bonchev–Trinajstić information content (AvgIpc) is 3.35. The van der Waals surface area contributed by atoms with Crippen molar-refractivity contribution in [3.05, 3.63) is 35.5 Å². The lowest BCUT2D eigenvalue weighted by molar-refractivity contribution is -0.153. The number of hydrogen-bond donors (Lipinski definition) is 3. The average molecular weight is 513 g/mol.